The van der Waals surface area contributed by atoms with Gasteiger partial charge in [0.05, 0.1) is 11.3 Å². The van der Waals surface area contributed by atoms with E-state index < -0.39 is 0 Å². The van der Waals surface area contributed by atoms with Crippen molar-refractivity contribution in [3.05, 3.63) is 5.32 Å². The number of nitrogens with one attached hydrogen (secondary N) is 1. The minimum absolute atomic E-state index is 0.121. The van der Waals surface area contributed by atoms with Crippen LogP contribution in [0.1, 0.15) is 0 Å². The zero-order valence-corrected chi connectivity index (χ0v) is 5.92. The fourth-order valence-corrected chi connectivity index (χ4v) is 1.24. The van der Waals surface area contributed by atoms with Gasteiger partial charge < -0.3 is 15.5 Å². The van der Waals surface area contributed by atoms with Crippen LogP contribution in [0.2, 0.25) is 0 Å². The molecule has 2 saturated heterocycles. The molecule has 0 aromatic heterocycles. The highest BCUT2D eigenvalue weighted by Crippen LogP contribution is 2.28. The first kappa shape index (κ1) is 6.12. The molecule has 0 aromatic carbocycles. The summed E-state index contributed by atoms with van der Waals surface area (Å²) in [4.78, 5) is 4.69. The van der Waals surface area contributed by atoms with E-state index in [0.717, 1.165) is 25.3 Å². The Bertz CT molecular complexity index is 174. The van der Waals surface area contributed by atoms with Gasteiger partial charge in [0, 0.05) is 6.54 Å². The van der Waals surface area contributed by atoms with Crippen molar-refractivity contribution in [1.29, 1.82) is 0 Å². The van der Waals surface area contributed by atoms with Crippen LogP contribution in [-0.2, 0) is 4.84 Å². The van der Waals surface area contributed by atoms with Crippen molar-refractivity contribution in [1.82, 2.24) is 5.32 Å². The highest BCUT2D eigenvalue weighted by atomic mass is 16.6. The smallest absolute Gasteiger partial charge is 0.106 e. The summed E-state index contributed by atoms with van der Waals surface area (Å²) in [6.45, 7) is 2.62. The second-order valence-electron chi connectivity index (χ2n) is 2.70. The van der Waals surface area contributed by atoms with Crippen molar-refractivity contribution in [2.45, 2.75) is 5.54 Å². The first-order valence-corrected chi connectivity index (χ1v) is 3.36. The van der Waals surface area contributed by atoms with Gasteiger partial charge in [-0.05, 0) is 0 Å². The SMILES string of the molecule is CO/N=C1\C[N-]CC12CN2. The van der Waals surface area contributed by atoms with E-state index in [-0.39, 0.29) is 5.54 Å². The van der Waals surface area contributed by atoms with E-state index in [1.54, 1.807) is 7.11 Å². The first-order chi connectivity index (χ1) is 4.87. The molecule has 2 aliphatic rings. The predicted octanol–water partition coefficient (Wildman–Crippen LogP) is -0.282. The third kappa shape index (κ3) is 0.726. The maximum Gasteiger partial charge on any atom is 0.106 e. The van der Waals surface area contributed by atoms with Gasteiger partial charge in [0.25, 0.3) is 0 Å². The summed E-state index contributed by atoms with van der Waals surface area (Å²) in [5, 5.41) is 11.4. The van der Waals surface area contributed by atoms with Gasteiger partial charge in [-0.1, -0.05) is 5.16 Å². The molecule has 2 fully saturated rings. The van der Waals surface area contributed by atoms with Crippen LogP contribution in [0.5, 0.6) is 0 Å². The van der Waals surface area contributed by atoms with Crippen LogP contribution in [0.4, 0.5) is 0 Å². The van der Waals surface area contributed by atoms with Crippen molar-refractivity contribution >= 4 is 5.71 Å². The molecule has 1 spiro atoms. The van der Waals surface area contributed by atoms with Gasteiger partial charge in [0.2, 0.25) is 0 Å². The first-order valence-electron chi connectivity index (χ1n) is 3.36. The molecule has 0 saturated carbocycles. The number of nitrogens with zero attached hydrogens (tertiary/aromatic N) is 2. The van der Waals surface area contributed by atoms with E-state index >= 15 is 0 Å². The summed E-state index contributed by atoms with van der Waals surface area (Å²) in [5.74, 6) is 0. The van der Waals surface area contributed by atoms with Crippen LogP contribution in [0.15, 0.2) is 5.16 Å². The van der Waals surface area contributed by atoms with Gasteiger partial charge in [-0.25, -0.2) is 0 Å². The van der Waals surface area contributed by atoms with Gasteiger partial charge in [-0.15, -0.1) is 13.1 Å². The van der Waals surface area contributed by atoms with Crippen LogP contribution in [-0.4, -0.2) is 38.0 Å². The minimum atomic E-state index is 0.121. The van der Waals surface area contributed by atoms with Crippen molar-refractivity contribution in [3.63, 3.8) is 0 Å². The molecule has 0 amide bonds. The number of oxime groups is 1. The maximum atomic E-state index is 4.69. The fourth-order valence-electron chi connectivity index (χ4n) is 1.24. The topological polar surface area (TPSA) is 57.6 Å². The molecule has 10 heavy (non-hydrogen) atoms. The average Bonchev–Trinajstić information content (AvgIpc) is 2.57. The van der Waals surface area contributed by atoms with E-state index in [4.69, 9.17) is 0 Å². The zero-order chi connectivity index (χ0) is 7.03. The molecular formula is C6H10N3O-. The lowest BCUT2D eigenvalue weighted by atomic mass is 10.1. The Labute approximate surface area is 59.6 Å². The molecule has 2 aliphatic heterocycles. The Morgan fingerprint density at radius 1 is 1.80 bits per heavy atom. The fraction of sp³-hybridized carbons (Fsp3) is 0.833. The quantitative estimate of drug-likeness (QED) is 0.402. The lowest BCUT2D eigenvalue weighted by Gasteiger charge is -2.06. The third-order valence-corrected chi connectivity index (χ3v) is 2.00. The molecular weight excluding hydrogens is 130 g/mol. The lowest BCUT2D eigenvalue weighted by Crippen LogP contribution is -2.25. The summed E-state index contributed by atoms with van der Waals surface area (Å²) in [6.07, 6.45) is 0. The Morgan fingerprint density at radius 3 is 3.20 bits per heavy atom. The summed E-state index contributed by atoms with van der Waals surface area (Å²) < 4.78 is 0. The van der Waals surface area contributed by atoms with E-state index in [1.165, 1.54) is 0 Å². The van der Waals surface area contributed by atoms with Gasteiger partial charge >= 0.3 is 0 Å². The molecule has 1 unspecified atom stereocenters. The molecule has 0 aliphatic carbocycles. The van der Waals surface area contributed by atoms with Gasteiger partial charge in [-0.2, -0.15) is 0 Å². The van der Waals surface area contributed by atoms with E-state index in [1.807, 2.05) is 0 Å². The molecule has 4 nitrogen and oxygen atoms in total. The molecule has 2 rings (SSSR count). The summed E-state index contributed by atoms with van der Waals surface area (Å²) in [5.41, 5.74) is 1.17. The van der Waals surface area contributed by atoms with Crippen LogP contribution in [0, 0.1) is 0 Å². The molecule has 0 radical (unpaired) electrons. The monoisotopic (exact) mass is 140 g/mol. The molecule has 0 bridgehead atoms. The van der Waals surface area contributed by atoms with Crippen molar-refractivity contribution in [2.24, 2.45) is 5.16 Å². The second kappa shape index (κ2) is 1.93. The molecule has 1 atom stereocenters. The van der Waals surface area contributed by atoms with Crippen molar-refractivity contribution in [2.75, 3.05) is 26.7 Å². The second-order valence-corrected chi connectivity index (χ2v) is 2.70. The summed E-state index contributed by atoms with van der Waals surface area (Å²) >= 11 is 0. The zero-order valence-electron chi connectivity index (χ0n) is 5.92. The van der Waals surface area contributed by atoms with Crippen molar-refractivity contribution < 1.29 is 4.84 Å². The summed E-state index contributed by atoms with van der Waals surface area (Å²) in [7, 11) is 1.57. The molecule has 0 aromatic rings. The van der Waals surface area contributed by atoms with Crippen LogP contribution in [0.3, 0.4) is 0 Å². The van der Waals surface area contributed by atoms with Crippen molar-refractivity contribution in [3.8, 4) is 0 Å². The van der Waals surface area contributed by atoms with Gasteiger partial charge in [0.15, 0.2) is 0 Å². The Hall–Kier alpha value is -0.610. The molecule has 4 heteroatoms. The Kier molecular flexibility index (Phi) is 1.18. The van der Waals surface area contributed by atoms with Crippen LogP contribution in [0.25, 0.3) is 5.32 Å². The number of hydrogen-bond acceptors (Lipinski definition) is 3. The summed E-state index contributed by atoms with van der Waals surface area (Å²) in [6, 6.07) is 0. The standard InChI is InChI=1S/C6H10N3O/c1-10-9-5-2-7-3-6(5)4-8-6/h8H,2-4H2,1H3/q-1/b9-5+. The van der Waals surface area contributed by atoms with Gasteiger partial charge in [-0.3, -0.25) is 0 Å². The Morgan fingerprint density at radius 2 is 2.60 bits per heavy atom. The lowest BCUT2D eigenvalue weighted by molar-refractivity contribution is 0.212. The van der Waals surface area contributed by atoms with Gasteiger partial charge in [0.1, 0.15) is 7.11 Å². The highest BCUT2D eigenvalue weighted by molar-refractivity contribution is 6.02. The molecule has 2 heterocycles. The van der Waals surface area contributed by atoms with E-state index in [0.29, 0.717) is 0 Å². The minimum Gasteiger partial charge on any atom is -0.655 e. The van der Waals surface area contributed by atoms with Crippen LogP contribution < -0.4 is 5.32 Å². The maximum absolute atomic E-state index is 4.69. The number of hydrogen-bond donors (Lipinski definition) is 1. The molecule has 1 N–H and O–H groups in total. The highest BCUT2D eigenvalue weighted by Gasteiger charge is 2.45. The third-order valence-electron chi connectivity index (χ3n) is 2.00. The number of rotatable bonds is 1. The van der Waals surface area contributed by atoms with E-state index in [9.17, 15) is 0 Å². The molecule has 56 valence electrons. The Balaban J connectivity index is 2.14. The van der Waals surface area contributed by atoms with E-state index in [2.05, 4.69) is 20.6 Å². The largest absolute Gasteiger partial charge is 0.655 e. The predicted molar refractivity (Wildman–Crippen MR) is 38.3 cm³/mol. The normalized spacial score (nSPS) is 41.1. The van der Waals surface area contributed by atoms with Crippen LogP contribution >= 0.6 is 0 Å². The average molecular weight is 140 g/mol.